The largest absolute Gasteiger partial charge is 0.497 e. The first kappa shape index (κ1) is 14.4. The van der Waals surface area contributed by atoms with Crippen LogP contribution in [0.2, 0.25) is 0 Å². The van der Waals surface area contributed by atoms with Gasteiger partial charge in [0.05, 0.1) is 14.2 Å². The number of hydrogen-bond donors (Lipinski definition) is 3. The molecule has 21 heavy (non-hydrogen) atoms. The maximum atomic E-state index is 11.4. The summed E-state index contributed by atoms with van der Waals surface area (Å²) in [5.41, 5.74) is 5.57. The van der Waals surface area contributed by atoms with Crippen LogP contribution < -0.4 is 20.5 Å². The van der Waals surface area contributed by atoms with Crippen LogP contribution in [0.4, 0.5) is 11.5 Å². The molecule has 0 aliphatic rings. The quantitative estimate of drug-likeness (QED) is 0.752. The first-order valence-corrected chi connectivity index (χ1v) is 5.89. The van der Waals surface area contributed by atoms with Crippen molar-refractivity contribution < 1.29 is 19.4 Å². The lowest BCUT2D eigenvalue weighted by Gasteiger charge is -2.12. The molecule has 1 aromatic carbocycles. The normalized spacial score (nSPS) is 10.0. The minimum atomic E-state index is -0.842. The molecule has 110 valence electrons. The molecule has 0 unspecified atom stereocenters. The molecule has 1 amide bonds. The van der Waals surface area contributed by atoms with E-state index in [1.54, 1.807) is 18.2 Å². The summed E-state index contributed by atoms with van der Waals surface area (Å²) in [6.45, 7) is 0. The molecule has 0 fully saturated rings. The van der Waals surface area contributed by atoms with Crippen LogP contribution in [0.25, 0.3) is 0 Å². The highest BCUT2D eigenvalue weighted by molar-refractivity contribution is 6.00. The van der Waals surface area contributed by atoms with Gasteiger partial charge in [0.2, 0.25) is 5.88 Å². The number of primary amides is 1. The van der Waals surface area contributed by atoms with Gasteiger partial charge in [0.25, 0.3) is 5.91 Å². The number of ether oxygens (including phenoxy) is 2. The molecule has 0 radical (unpaired) electrons. The van der Waals surface area contributed by atoms with E-state index in [4.69, 9.17) is 15.2 Å². The predicted molar refractivity (Wildman–Crippen MR) is 75.0 cm³/mol. The van der Waals surface area contributed by atoms with Crippen molar-refractivity contribution in [2.45, 2.75) is 0 Å². The number of carbonyl (C=O) groups is 1. The van der Waals surface area contributed by atoms with Crippen LogP contribution >= 0.6 is 0 Å². The zero-order valence-electron chi connectivity index (χ0n) is 11.5. The van der Waals surface area contributed by atoms with Gasteiger partial charge in [0.15, 0.2) is 5.82 Å². The number of anilines is 2. The molecule has 1 aromatic heterocycles. The van der Waals surface area contributed by atoms with Gasteiger partial charge in [0, 0.05) is 23.9 Å². The van der Waals surface area contributed by atoms with Crippen LogP contribution in [-0.2, 0) is 0 Å². The summed E-state index contributed by atoms with van der Waals surface area (Å²) in [5, 5.41) is 12.5. The van der Waals surface area contributed by atoms with E-state index in [9.17, 15) is 9.90 Å². The van der Waals surface area contributed by atoms with Gasteiger partial charge < -0.3 is 25.6 Å². The van der Waals surface area contributed by atoms with Crippen molar-refractivity contribution in [3.05, 3.63) is 30.1 Å². The molecule has 0 bridgehead atoms. The van der Waals surface area contributed by atoms with Crippen molar-refractivity contribution in [2.75, 3.05) is 19.5 Å². The Kier molecular flexibility index (Phi) is 4.07. The zero-order chi connectivity index (χ0) is 15.4. The molecule has 2 aromatic rings. The monoisotopic (exact) mass is 290 g/mol. The number of nitrogens with one attached hydrogen (secondary N) is 1. The second-order valence-electron chi connectivity index (χ2n) is 4.01. The molecule has 0 atom stereocenters. The molecular formula is C13H14N4O4. The summed E-state index contributed by atoms with van der Waals surface area (Å²) >= 11 is 0. The fourth-order valence-corrected chi connectivity index (χ4v) is 1.71. The molecule has 0 saturated carbocycles. The van der Waals surface area contributed by atoms with E-state index >= 15 is 0 Å². The third-order valence-electron chi connectivity index (χ3n) is 2.69. The molecule has 0 aliphatic carbocycles. The van der Waals surface area contributed by atoms with E-state index in [-0.39, 0.29) is 11.4 Å². The minimum absolute atomic E-state index is 0.0882. The molecule has 0 saturated heterocycles. The maximum Gasteiger partial charge on any atom is 0.258 e. The summed E-state index contributed by atoms with van der Waals surface area (Å²) in [6, 6.07) is 5.04. The van der Waals surface area contributed by atoms with Crippen molar-refractivity contribution >= 4 is 17.4 Å². The smallest absolute Gasteiger partial charge is 0.258 e. The van der Waals surface area contributed by atoms with E-state index in [0.717, 1.165) is 6.33 Å². The number of hydrogen-bond acceptors (Lipinski definition) is 7. The highest BCUT2D eigenvalue weighted by atomic mass is 16.5. The number of nitrogens with two attached hydrogens (primary N) is 1. The van der Waals surface area contributed by atoms with Crippen molar-refractivity contribution in [1.82, 2.24) is 9.97 Å². The second-order valence-corrected chi connectivity index (χ2v) is 4.01. The summed E-state index contributed by atoms with van der Waals surface area (Å²) < 4.78 is 10.3. The van der Waals surface area contributed by atoms with Crippen molar-refractivity contribution in [2.24, 2.45) is 5.73 Å². The van der Waals surface area contributed by atoms with Gasteiger partial charge in [-0.25, -0.2) is 9.97 Å². The lowest BCUT2D eigenvalue weighted by molar-refractivity contribution is 0.0997. The van der Waals surface area contributed by atoms with Crippen LogP contribution in [-0.4, -0.2) is 35.2 Å². The lowest BCUT2D eigenvalue weighted by Crippen LogP contribution is -2.15. The van der Waals surface area contributed by atoms with Crippen LogP contribution in [0.15, 0.2) is 24.5 Å². The molecular weight excluding hydrogens is 276 g/mol. The summed E-state index contributed by atoms with van der Waals surface area (Å²) in [5.74, 6) is -0.142. The summed E-state index contributed by atoms with van der Waals surface area (Å²) in [6.07, 6.45) is 1.11. The van der Waals surface area contributed by atoms with Gasteiger partial charge in [-0.05, 0) is 0 Å². The maximum absolute atomic E-state index is 11.4. The SMILES string of the molecule is COc1cc(Nc2ncnc(O)c2C(N)=O)cc(OC)c1. The number of aromatic nitrogens is 2. The number of methoxy groups -OCH3 is 2. The Morgan fingerprint density at radius 3 is 2.33 bits per heavy atom. The van der Waals surface area contributed by atoms with Gasteiger partial charge in [-0.2, -0.15) is 0 Å². The highest BCUT2D eigenvalue weighted by Crippen LogP contribution is 2.29. The number of rotatable bonds is 5. The number of benzene rings is 1. The average molecular weight is 290 g/mol. The van der Waals surface area contributed by atoms with E-state index < -0.39 is 11.8 Å². The van der Waals surface area contributed by atoms with E-state index in [1.165, 1.54) is 14.2 Å². The van der Waals surface area contributed by atoms with Gasteiger partial charge in [0.1, 0.15) is 23.4 Å². The minimum Gasteiger partial charge on any atom is -0.497 e. The van der Waals surface area contributed by atoms with Gasteiger partial charge in [-0.15, -0.1) is 0 Å². The second kappa shape index (κ2) is 5.95. The fourth-order valence-electron chi connectivity index (χ4n) is 1.71. The first-order chi connectivity index (χ1) is 10.0. The van der Waals surface area contributed by atoms with Crippen molar-refractivity contribution in [1.29, 1.82) is 0 Å². The topological polar surface area (TPSA) is 120 Å². The Morgan fingerprint density at radius 1 is 1.19 bits per heavy atom. The van der Waals surface area contributed by atoms with Crippen LogP contribution in [0.3, 0.4) is 0 Å². The first-order valence-electron chi connectivity index (χ1n) is 5.89. The average Bonchev–Trinajstić information content (AvgIpc) is 2.46. The Balaban J connectivity index is 2.43. The summed E-state index contributed by atoms with van der Waals surface area (Å²) in [4.78, 5) is 18.8. The van der Waals surface area contributed by atoms with Gasteiger partial charge in [-0.1, -0.05) is 0 Å². The van der Waals surface area contributed by atoms with Crippen molar-refractivity contribution in [3.8, 4) is 17.4 Å². The Bertz CT molecular complexity index is 653. The lowest BCUT2D eigenvalue weighted by atomic mass is 10.2. The van der Waals surface area contributed by atoms with Crippen LogP contribution in [0.5, 0.6) is 17.4 Å². The molecule has 1 heterocycles. The third-order valence-corrected chi connectivity index (χ3v) is 2.69. The van der Waals surface area contributed by atoms with Gasteiger partial charge in [-0.3, -0.25) is 4.79 Å². The Morgan fingerprint density at radius 2 is 1.81 bits per heavy atom. The molecule has 8 nitrogen and oxygen atoms in total. The fraction of sp³-hybridized carbons (Fsp3) is 0.154. The standard InChI is InChI=1S/C13H14N4O4/c1-20-8-3-7(4-9(5-8)21-2)17-12-10(11(14)18)13(19)16-6-15-12/h3-6H,1-2H3,(H2,14,18)(H2,15,16,17,19). The number of nitrogens with zero attached hydrogens (tertiary/aromatic N) is 2. The summed E-state index contributed by atoms with van der Waals surface area (Å²) in [7, 11) is 3.04. The zero-order valence-corrected chi connectivity index (χ0v) is 11.5. The Labute approximate surface area is 120 Å². The predicted octanol–water partition coefficient (Wildman–Crippen LogP) is 1.04. The van der Waals surface area contributed by atoms with E-state index in [0.29, 0.717) is 17.2 Å². The molecule has 8 heteroatoms. The molecule has 0 aliphatic heterocycles. The van der Waals surface area contributed by atoms with E-state index in [1.807, 2.05) is 0 Å². The highest BCUT2D eigenvalue weighted by Gasteiger charge is 2.16. The molecule has 2 rings (SSSR count). The Hall–Kier alpha value is -3.03. The third kappa shape index (κ3) is 3.11. The van der Waals surface area contributed by atoms with Crippen molar-refractivity contribution in [3.63, 3.8) is 0 Å². The number of aromatic hydroxyl groups is 1. The number of carbonyl (C=O) groups excluding carboxylic acids is 1. The van der Waals surface area contributed by atoms with Crippen LogP contribution in [0, 0.1) is 0 Å². The van der Waals surface area contributed by atoms with Gasteiger partial charge >= 0.3 is 0 Å². The van der Waals surface area contributed by atoms with Crippen LogP contribution in [0.1, 0.15) is 10.4 Å². The number of amides is 1. The van der Waals surface area contributed by atoms with E-state index in [2.05, 4.69) is 15.3 Å². The molecule has 4 N–H and O–H groups in total. The molecule has 0 spiro atoms.